The van der Waals surface area contributed by atoms with Gasteiger partial charge in [0.2, 0.25) is 0 Å². The van der Waals surface area contributed by atoms with E-state index in [0.29, 0.717) is 12.1 Å². The third-order valence-electron chi connectivity index (χ3n) is 2.22. The molecular formula is C11H16BrN3O. The molecule has 4 nitrogen and oxygen atoms in total. The lowest BCUT2D eigenvalue weighted by molar-refractivity contribution is 0.201. The summed E-state index contributed by atoms with van der Waals surface area (Å²) in [6.07, 6.45) is -0.378. The van der Waals surface area contributed by atoms with Gasteiger partial charge in [-0.25, -0.2) is 0 Å². The van der Waals surface area contributed by atoms with Crippen LogP contribution in [-0.2, 0) is 0 Å². The number of halogens is 1. The Bertz CT molecular complexity index is 393. The average molecular weight is 286 g/mol. The molecule has 4 N–H and O–H groups in total. The Balaban J connectivity index is 2.92. The lowest BCUT2D eigenvalue weighted by Gasteiger charge is -2.21. The van der Waals surface area contributed by atoms with E-state index in [4.69, 9.17) is 11.1 Å². The van der Waals surface area contributed by atoms with Crippen LogP contribution in [-0.4, -0.2) is 30.6 Å². The van der Waals surface area contributed by atoms with Crippen molar-refractivity contribution in [3.8, 4) is 0 Å². The summed E-state index contributed by atoms with van der Waals surface area (Å²) in [7, 11) is 1.90. The molecule has 0 saturated carbocycles. The quantitative estimate of drug-likeness (QED) is 0.581. The van der Waals surface area contributed by atoms with E-state index in [1.807, 2.05) is 24.1 Å². The third-order valence-corrected chi connectivity index (χ3v) is 2.88. The van der Waals surface area contributed by atoms with Crippen molar-refractivity contribution < 1.29 is 5.11 Å². The highest BCUT2D eigenvalue weighted by Gasteiger charge is 2.08. The van der Waals surface area contributed by atoms with Crippen molar-refractivity contribution in [3.05, 3.63) is 28.2 Å². The summed E-state index contributed by atoms with van der Waals surface area (Å²) in [6.45, 7) is 2.31. The number of aliphatic hydroxyl groups is 1. The molecule has 0 bridgehead atoms. The fraction of sp³-hybridized carbons (Fsp3) is 0.364. The zero-order chi connectivity index (χ0) is 12.3. The van der Waals surface area contributed by atoms with E-state index in [0.717, 1.165) is 10.2 Å². The van der Waals surface area contributed by atoms with Crippen LogP contribution in [0.5, 0.6) is 0 Å². The van der Waals surface area contributed by atoms with Gasteiger partial charge >= 0.3 is 0 Å². The van der Waals surface area contributed by atoms with Gasteiger partial charge in [-0.3, -0.25) is 5.41 Å². The molecule has 5 heteroatoms. The Labute approximate surface area is 104 Å². The Morgan fingerprint density at radius 2 is 2.25 bits per heavy atom. The highest BCUT2D eigenvalue weighted by atomic mass is 79.9. The van der Waals surface area contributed by atoms with Crippen LogP contribution in [0.15, 0.2) is 22.7 Å². The lowest BCUT2D eigenvalue weighted by Crippen LogP contribution is -2.27. The van der Waals surface area contributed by atoms with Crippen LogP contribution in [0.3, 0.4) is 0 Å². The molecule has 0 aromatic heterocycles. The maximum Gasteiger partial charge on any atom is 0.123 e. The first-order valence-corrected chi connectivity index (χ1v) is 5.74. The SMILES string of the molecule is CC(O)CN(C)c1ccc(C(=N)N)c(Br)c1. The number of rotatable bonds is 4. The molecule has 1 rings (SSSR count). The van der Waals surface area contributed by atoms with Gasteiger partial charge in [0.25, 0.3) is 0 Å². The smallest absolute Gasteiger partial charge is 0.123 e. The number of anilines is 1. The van der Waals surface area contributed by atoms with Crippen LogP contribution in [0.2, 0.25) is 0 Å². The summed E-state index contributed by atoms with van der Waals surface area (Å²) in [5, 5.41) is 16.7. The van der Waals surface area contributed by atoms with Crippen molar-refractivity contribution in [2.24, 2.45) is 5.73 Å². The second-order valence-electron chi connectivity index (χ2n) is 3.81. The molecule has 1 atom stereocenters. The Morgan fingerprint density at radius 1 is 1.62 bits per heavy atom. The monoisotopic (exact) mass is 285 g/mol. The predicted octanol–water partition coefficient (Wildman–Crippen LogP) is 1.55. The van der Waals surface area contributed by atoms with Crippen LogP contribution >= 0.6 is 15.9 Å². The van der Waals surface area contributed by atoms with Gasteiger partial charge in [-0.15, -0.1) is 0 Å². The summed E-state index contributed by atoms with van der Waals surface area (Å²) in [5.41, 5.74) is 7.07. The molecule has 0 radical (unpaired) electrons. The van der Waals surface area contributed by atoms with E-state index < -0.39 is 0 Å². The van der Waals surface area contributed by atoms with Crippen LogP contribution in [0.4, 0.5) is 5.69 Å². The Kier molecular flexibility index (Phi) is 4.32. The number of aliphatic hydroxyl groups excluding tert-OH is 1. The average Bonchev–Trinajstić information content (AvgIpc) is 2.15. The zero-order valence-corrected chi connectivity index (χ0v) is 11.0. The predicted molar refractivity (Wildman–Crippen MR) is 70.1 cm³/mol. The number of nitrogens with two attached hydrogens (primary N) is 1. The number of nitrogens with zero attached hydrogens (tertiary/aromatic N) is 1. The first kappa shape index (κ1) is 13.0. The largest absolute Gasteiger partial charge is 0.392 e. The molecule has 0 heterocycles. The van der Waals surface area contributed by atoms with Crippen LogP contribution < -0.4 is 10.6 Å². The van der Waals surface area contributed by atoms with Gasteiger partial charge in [-0.1, -0.05) is 0 Å². The molecule has 0 saturated heterocycles. The lowest BCUT2D eigenvalue weighted by atomic mass is 10.2. The van der Waals surface area contributed by atoms with Gasteiger partial charge in [0.1, 0.15) is 5.84 Å². The molecule has 1 aromatic rings. The molecule has 0 aliphatic carbocycles. The molecule has 0 fully saturated rings. The number of nitrogen functional groups attached to an aromatic ring is 1. The van der Waals surface area contributed by atoms with E-state index in [-0.39, 0.29) is 11.9 Å². The van der Waals surface area contributed by atoms with Crippen LogP contribution in [0.25, 0.3) is 0 Å². The normalized spacial score (nSPS) is 12.2. The number of nitrogens with one attached hydrogen (secondary N) is 1. The van der Waals surface area contributed by atoms with E-state index in [1.165, 1.54) is 0 Å². The fourth-order valence-electron chi connectivity index (χ4n) is 1.46. The second-order valence-corrected chi connectivity index (χ2v) is 4.66. The van der Waals surface area contributed by atoms with Crippen molar-refractivity contribution >= 4 is 27.5 Å². The number of amidine groups is 1. The number of benzene rings is 1. The fourth-order valence-corrected chi connectivity index (χ4v) is 2.04. The molecule has 16 heavy (non-hydrogen) atoms. The van der Waals surface area contributed by atoms with E-state index in [9.17, 15) is 5.11 Å². The maximum absolute atomic E-state index is 9.29. The van der Waals surface area contributed by atoms with Crippen molar-refractivity contribution in [1.82, 2.24) is 0 Å². The van der Waals surface area contributed by atoms with E-state index in [2.05, 4.69) is 15.9 Å². The minimum absolute atomic E-state index is 0.0385. The minimum atomic E-state index is -0.378. The van der Waals surface area contributed by atoms with Gasteiger partial charge in [-0.2, -0.15) is 0 Å². The van der Waals surface area contributed by atoms with Crippen LogP contribution in [0.1, 0.15) is 12.5 Å². The van der Waals surface area contributed by atoms with Crippen molar-refractivity contribution in [2.75, 3.05) is 18.5 Å². The van der Waals surface area contributed by atoms with E-state index >= 15 is 0 Å². The third kappa shape index (κ3) is 3.21. The molecule has 0 aliphatic rings. The van der Waals surface area contributed by atoms with Crippen molar-refractivity contribution in [2.45, 2.75) is 13.0 Å². The van der Waals surface area contributed by atoms with Gasteiger partial charge in [-0.05, 0) is 41.1 Å². The van der Waals surface area contributed by atoms with Crippen LogP contribution in [0, 0.1) is 5.41 Å². The maximum atomic E-state index is 9.29. The number of likely N-dealkylation sites (N-methyl/N-ethyl adjacent to an activating group) is 1. The first-order chi connectivity index (χ1) is 7.41. The number of hydrogen-bond acceptors (Lipinski definition) is 3. The summed E-state index contributed by atoms with van der Waals surface area (Å²) in [5.74, 6) is 0.0385. The molecule has 0 aliphatic heterocycles. The first-order valence-electron chi connectivity index (χ1n) is 4.95. The highest BCUT2D eigenvalue weighted by Crippen LogP contribution is 2.23. The van der Waals surface area contributed by atoms with Crippen molar-refractivity contribution in [3.63, 3.8) is 0 Å². The van der Waals surface area contributed by atoms with Gasteiger partial charge < -0.3 is 15.7 Å². The van der Waals surface area contributed by atoms with Gasteiger partial charge in [0.15, 0.2) is 0 Å². The molecule has 1 unspecified atom stereocenters. The Morgan fingerprint density at radius 3 is 2.69 bits per heavy atom. The molecule has 0 amide bonds. The number of hydrogen-bond donors (Lipinski definition) is 3. The Hall–Kier alpha value is -1.07. The molecule has 0 spiro atoms. The summed E-state index contributed by atoms with van der Waals surface area (Å²) in [6, 6.07) is 5.56. The topological polar surface area (TPSA) is 73.3 Å². The van der Waals surface area contributed by atoms with E-state index in [1.54, 1.807) is 13.0 Å². The second kappa shape index (κ2) is 5.32. The summed E-state index contributed by atoms with van der Waals surface area (Å²) >= 11 is 3.37. The van der Waals surface area contributed by atoms with Gasteiger partial charge in [0.05, 0.1) is 6.10 Å². The molecule has 1 aromatic carbocycles. The van der Waals surface area contributed by atoms with Gasteiger partial charge in [0, 0.05) is 29.3 Å². The van der Waals surface area contributed by atoms with Crippen molar-refractivity contribution in [1.29, 1.82) is 5.41 Å². The zero-order valence-electron chi connectivity index (χ0n) is 9.37. The minimum Gasteiger partial charge on any atom is -0.392 e. The summed E-state index contributed by atoms with van der Waals surface area (Å²) in [4.78, 5) is 1.94. The standard InChI is InChI=1S/C11H16BrN3O/c1-7(16)6-15(2)8-3-4-9(11(13)14)10(12)5-8/h3-5,7,16H,6H2,1-2H3,(H3,13,14). The highest BCUT2D eigenvalue weighted by molar-refractivity contribution is 9.10. The molecule has 88 valence electrons. The summed E-state index contributed by atoms with van der Waals surface area (Å²) < 4.78 is 0.787. The molecular weight excluding hydrogens is 270 g/mol.